The van der Waals surface area contributed by atoms with Gasteiger partial charge in [0.25, 0.3) is 10.0 Å². The molecular formula is C24H25N5O4S2. The van der Waals surface area contributed by atoms with Crippen LogP contribution in [0.15, 0.2) is 71.6 Å². The third kappa shape index (κ3) is 7.59. The number of aromatic nitrogens is 2. The maximum atomic E-state index is 12.6. The largest absolute Gasteiger partial charge is 0.480 e. The summed E-state index contributed by atoms with van der Waals surface area (Å²) in [5, 5.41) is 13.0. The molecule has 0 bridgehead atoms. The Hall–Kier alpha value is -3.83. The molecule has 0 spiro atoms. The maximum absolute atomic E-state index is 12.6. The Morgan fingerprint density at radius 1 is 1.00 bits per heavy atom. The summed E-state index contributed by atoms with van der Waals surface area (Å²) in [6.45, 7) is 4.24. The highest BCUT2D eigenvalue weighted by Crippen LogP contribution is 2.18. The average Bonchev–Trinajstić information content (AvgIpc) is 2.83. The Kier molecular flexibility index (Phi) is 8.50. The second-order valence-corrected chi connectivity index (χ2v) is 9.78. The highest BCUT2D eigenvalue weighted by Gasteiger charge is 2.15. The highest BCUT2D eigenvalue weighted by molar-refractivity contribution is 7.92. The predicted octanol–water partition coefficient (Wildman–Crippen LogP) is 3.94. The van der Waals surface area contributed by atoms with Gasteiger partial charge in [0, 0.05) is 17.8 Å². The van der Waals surface area contributed by atoms with Crippen molar-refractivity contribution >= 4 is 50.8 Å². The molecule has 0 unspecified atom stereocenters. The molecule has 3 N–H and O–H groups in total. The van der Waals surface area contributed by atoms with Crippen LogP contribution >= 0.6 is 12.2 Å². The van der Waals surface area contributed by atoms with Crippen LogP contribution in [0.4, 0.5) is 11.5 Å². The third-order valence-electron chi connectivity index (χ3n) is 4.78. The van der Waals surface area contributed by atoms with E-state index in [1.165, 1.54) is 55.1 Å². The lowest BCUT2D eigenvalue weighted by atomic mass is 10.0. The fraction of sp³-hybridized carbons (Fsp3) is 0.167. The van der Waals surface area contributed by atoms with Crippen molar-refractivity contribution in [2.24, 2.45) is 0 Å². The molecule has 1 heterocycles. The van der Waals surface area contributed by atoms with Crippen molar-refractivity contribution in [3.63, 3.8) is 0 Å². The van der Waals surface area contributed by atoms with Gasteiger partial charge in [0.15, 0.2) is 10.9 Å². The molecule has 0 radical (unpaired) electrons. The first-order chi connectivity index (χ1) is 16.7. The zero-order chi connectivity index (χ0) is 25.4. The van der Waals surface area contributed by atoms with Crippen molar-refractivity contribution in [2.75, 3.05) is 17.1 Å². The number of anilines is 2. The van der Waals surface area contributed by atoms with Crippen molar-refractivity contribution in [3.8, 4) is 5.88 Å². The van der Waals surface area contributed by atoms with Gasteiger partial charge in [-0.05, 0) is 65.7 Å². The van der Waals surface area contributed by atoms with Crippen LogP contribution in [0.1, 0.15) is 30.9 Å². The van der Waals surface area contributed by atoms with Crippen molar-refractivity contribution in [2.45, 2.75) is 24.7 Å². The van der Waals surface area contributed by atoms with Crippen LogP contribution in [0.25, 0.3) is 6.08 Å². The molecule has 0 saturated carbocycles. The molecule has 3 aromatic rings. The average molecular weight is 512 g/mol. The van der Waals surface area contributed by atoms with E-state index in [4.69, 9.17) is 17.0 Å². The Morgan fingerprint density at radius 3 is 2.26 bits per heavy atom. The number of methoxy groups -OCH3 is 1. The minimum atomic E-state index is -3.87. The molecule has 0 aliphatic heterocycles. The van der Waals surface area contributed by atoms with Gasteiger partial charge in [-0.2, -0.15) is 0 Å². The van der Waals surface area contributed by atoms with Gasteiger partial charge in [-0.25, -0.2) is 8.42 Å². The number of hydrogen-bond donors (Lipinski definition) is 3. The Balaban J connectivity index is 1.54. The fourth-order valence-electron chi connectivity index (χ4n) is 2.88. The lowest BCUT2D eigenvalue weighted by Gasteiger charge is -2.10. The SMILES string of the molecule is COc1ccc(NS(=O)(=O)c2ccc(NC(=S)NC(=O)/C=C/c3ccc(C(C)C)cc3)cc2)nn1. The van der Waals surface area contributed by atoms with Gasteiger partial charge < -0.3 is 10.1 Å². The lowest BCUT2D eigenvalue weighted by molar-refractivity contribution is -0.115. The number of nitrogens with zero attached hydrogens (tertiary/aromatic N) is 2. The van der Waals surface area contributed by atoms with Gasteiger partial charge in [-0.1, -0.05) is 38.1 Å². The molecule has 35 heavy (non-hydrogen) atoms. The zero-order valence-electron chi connectivity index (χ0n) is 19.3. The van der Waals surface area contributed by atoms with E-state index in [0.717, 1.165) is 5.56 Å². The molecule has 9 nitrogen and oxygen atoms in total. The van der Waals surface area contributed by atoms with Gasteiger partial charge in [-0.15, -0.1) is 10.2 Å². The topological polar surface area (TPSA) is 122 Å². The summed E-state index contributed by atoms with van der Waals surface area (Å²) in [7, 11) is -2.44. The van der Waals surface area contributed by atoms with E-state index in [1.54, 1.807) is 6.08 Å². The fourth-order valence-corrected chi connectivity index (χ4v) is 4.09. The van der Waals surface area contributed by atoms with Crippen LogP contribution in [0, 0.1) is 0 Å². The molecule has 1 amide bonds. The molecular weight excluding hydrogens is 486 g/mol. The molecule has 11 heteroatoms. The van der Waals surface area contributed by atoms with Crippen LogP contribution in [0.2, 0.25) is 0 Å². The monoisotopic (exact) mass is 511 g/mol. The van der Waals surface area contributed by atoms with Crippen LogP contribution in [0.3, 0.4) is 0 Å². The number of benzene rings is 2. The molecule has 0 aliphatic rings. The molecule has 182 valence electrons. The molecule has 1 aromatic heterocycles. The van der Waals surface area contributed by atoms with Crippen LogP contribution in [-0.2, 0) is 14.8 Å². The first-order valence-electron chi connectivity index (χ1n) is 10.6. The van der Waals surface area contributed by atoms with Gasteiger partial charge in [-0.3, -0.25) is 14.8 Å². The smallest absolute Gasteiger partial charge is 0.263 e. The van der Waals surface area contributed by atoms with Crippen molar-refractivity contribution in [1.29, 1.82) is 0 Å². The number of carbonyl (C=O) groups is 1. The number of sulfonamides is 1. The predicted molar refractivity (Wildman–Crippen MR) is 140 cm³/mol. The summed E-state index contributed by atoms with van der Waals surface area (Å²) in [6.07, 6.45) is 3.09. The minimum absolute atomic E-state index is 0.0158. The minimum Gasteiger partial charge on any atom is -0.480 e. The molecule has 2 aromatic carbocycles. The van der Waals surface area contributed by atoms with E-state index in [2.05, 4.69) is 39.4 Å². The van der Waals surface area contributed by atoms with E-state index in [1.807, 2.05) is 24.3 Å². The number of hydrogen-bond acceptors (Lipinski definition) is 7. The van der Waals surface area contributed by atoms with Crippen LogP contribution in [0.5, 0.6) is 5.88 Å². The molecule has 0 saturated heterocycles. The Bertz CT molecular complexity index is 1310. The van der Waals surface area contributed by atoms with Gasteiger partial charge >= 0.3 is 0 Å². The quantitative estimate of drug-likeness (QED) is 0.307. The summed E-state index contributed by atoms with van der Waals surface area (Å²) in [4.78, 5) is 12.2. The number of amides is 1. The standard InChI is InChI=1S/C24H25N5O4S2/c1-16(2)18-7-4-17(5-8-18)6-14-22(30)26-24(34)25-19-9-11-20(12-10-19)35(31,32)29-21-13-15-23(33-3)28-27-21/h4-16H,1-3H3,(H,27,29)(H2,25,26,30,34)/b14-6+. The normalized spacial score (nSPS) is 11.3. The number of ether oxygens (including phenoxy) is 1. The summed E-state index contributed by atoms with van der Waals surface area (Å²) in [6, 6.07) is 16.7. The van der Waals surface area contributed by atoms with E-state index in [-0.39, 0.29) is 27.6 Å². The number of rotatable bonds is 8. The van der Waals surface area contributed by atoms with Crippen LogP contribution in [-0.4, -0.2) is 36.7 Å². The van der Waals surface area contributed by atoms with Crippen molar-refractivity contribution in [1.82, 2.24) is 15.5 Å². The van der Waals surface area contributed by atoms with Gasteiger partial charge in [0.1, 0.15) is 0 Å². The summed E-state index contributed by atoms with van der Waals surface area (Å²) in [5.74, 6) is 0.371. The van der Waals surface area contributed by atoms with Crippen molar-refractivity contribution in [3.05, 3.63) is 77.9 Å². The number of thiocarbonyl (C=S) groups is 1. The van der Waals surface area contributed by atoms with E-state index >= 15 is 0 Å². The molecule has 0 aliphatic carbocycles. The van der Waals surface area contributed by atoms with E-state index in [0.29, 0.717) is 11.6 Å². The van der Waals surface area contributed by atoms with Gasteiger partial charge in [0.2, 0.25) is 11.8 Å². The molecule has 3 rings (SSSR count). The zero-order valence-corrected chi connectivity index (χ0v) is 21.0. The second kappa shape index (κ2) is 11.5. The second-order valence-electron chi connectivity index (χ2n) is 7.69. The number of nitrogens with one attached hydrogen (secondary N) is 3. The summed E-state index contributed by atoms with van der Waals surface area (Å²) >= 11 is 5.17. The Morgan fingerprint density at radius 2 is 1.69 bits per heavy atom. The maximum Gasteiger partial charge on any atom is 0.263 e. The molecule has 0 fully saturated rings. The first-order valence-corrected chi connectivity index (χ1v) is 12.5. The Labute approximate surface area is 209 Å². The van der Waals surface area contributed by atoms with E-state index in [9.17, 15) is 13.2 Å². The summed E-state index contributed by atoms with van der Waals surface area (Å²) in [5.41, 5.74) is 2.63. The number of carbonyl (C=O) groups excluding carboxylic acids is 1. The summed E-state index contributed by atoms with van der Waals surface area (Å²) < 4.78 is 32.3. The van der Waals surface area contributed by atoms with E-state index < -0.39 is 10.0 Å². The van der Waals surface area contributed by atoms with Crippen LogP contribution < -0.4 is 20.1 Å². The van der Waals surface area contributed by atoms with Crippen molar-refractivity contribution < 1.29 is 17.9 Å². The highest BCUT2D eigenvalue weighted by atomic mass is 32.2. The van der Waals surface area contributed by atoms with Gasteiger partial charge in [0.05, 0.1) is 12.0 Å². The third-order valence-corrected chi connectivity index (χ3v) is 6.35. The molecule has 0 atom stereocenters. The lowest BCUT2D eigenvalue weighted by Crippen LogP contribution is -2.32. The first kappa shape index (κ1) is 25.8.